The third kappa shape index (κ3) is 2.12. The summed E-state index contributed by atoms with van der Waals surface area (Å²) in [6, 6.07) is 0.927. The van der Waals surface area contributed by atoms with Crippen molar-refractivity contribution in [3.8, 4) is 0 Å². The van der Waals surface area contributed by atoms with Crippen molar-refractivity contribution in [2.24, 2.45) is 5.41 Å². The van der Waals surface area contributed by atoms with E-state index in [1.165, 1.54) is 25.7 Å². The maximum atomic E-state index is 9.84. The summed E-state index contributed by atoms with van der Waals surface area (Å²) >= 11 is 0. The van der Waals surface area contributed by atoms with Gasteiger partial charge in [0.05, 0.1) is 6.10 Å². The van der Waals surface area contributed by atoms with Gasteiger partial charge in [-0.05, 0) is 38.0 Å². The van der Waals surface area contributed by atoms with Gasteiger partial charge in [-0.3, -0.25) is 0 Å². The third-order valence-corrected chi connectivity index (χ3v) is 4.28. The Morgan fingerprint density at radius 1 is 1.29 bits per heavy atom. The Balaban J connectivity index is 1.83. The van der Waals surface area contributed by atoms with E-state index in [-0.39, 0.29) is 6.10 Å². The highest BCUT2D eigenvalue weighted by Gasteiger charge is 2.43. The van der Waals surface area contributed by atoms with E-state index in [1.54, 1.807) is 0 Å². The largest absolute Gasteiger partial charge is 0.392 e. The summed E-state index contributed by atoms with van der Waals surface area (Å²) in [5.74, 6) is 0. The van der Waals surface area contributed by atoms with E-state index in [2.05, 4.69) is 19.2 Å². The normalized spacial score (nSPS) is 37.9. The fourth-order valence-corrected chi connectivity index (χ4v) is 2.46. The summed E-state index contributed by atoms with van der Waals surface area (Å²) in [6.07, 6.45) is 7.22. The number of aliphatic hydroxyl groups is 1. The van der Waals surface area contributed by atoms with Crippen LogP contribution in [-0.4, -0.2) is 23.3 Å². The molecular weight excluding hydrogens is 174 g/mol. The number of aliphatic hydroxyl groups excluding tert-OH is 1. The van der Waals surface area contributed by atoms with E-state index in [0.29, 0.717) is 17.5 Å². The van der Waals surface area contributed by atoms with Crippen LogP contribution in [0.25, 0.3) is 0 Å². The predicted molar refractivity (Wildman–Crippen MR) is 58.2 cm³/mol. The fraction of sp³-hybridized carbons (Fsp3) is 1.00. The minimum absolute atomic E-state index is 0.103. The Hall–Kier alpha value is -0.0800. The van der Waals surface area contributed by atoms with Crippen LogP contribution in [0, 0.1) is 5.41 Å². The van der Waals surface area contributed by atoms with Crippen molar-refractivity contribution in [1.29, 1.82) is 0 Å². The quantitative estimate of drug-likeness (QED) is 0.726. The van der Waals surface area contributed by atoms with Gasteiger partial charge < -0.3 is 10.4 Å². The number of nitrogens with one attached hydrogen (secondary N) is 1. The molecule has 0 spiro atoms. The second kappa shape index (κ2) is 3.82. The maximum absolute atomic E-state index is 9.84. The average Bonchev–Trinajstić information content (AvgIpc) is 2.89. The van der Waals surface area contributed by atoms with Crippen LogP contribution in [0.4, 0.5) is 0 Å². The van der Waals surface area contributed by atoms with Gasteiger partial charge >= 0.3 is 0 Å². The van der Waals surface area contributed by atoms with Gasteiger partial charge in [0.15, 0.2) is 0 Å². The molecule has 0 heterocycles. The van der Waals surface area contributed by atoms with E-state index in [1.807, 2.05) is 0 Å². The van der Waals surface area contributed by atoms with Crippen LogP contribution >= 0.6 is 0 Å². The second-order valence-corrected chi connectivity index (χ2v) is 5.50. The fourth-order valence-electron chi connectivity index (χ4n) is 2.46. The molecule has 0 aliphatic heterocycles. The molecule has 2 rings (SSSR count). The summed E-state index contributed by atoms with van der Waals surface area (Å²) in [5.41, 5.74) is 0.525. The van der Waals surface area contributed by atoms with Gasteiger partial charge in [-0.15, -0.1) is 0 Å². The molecule has 2 aliphatic carbocycles. The Kier molecular flexibility index (Phi) is 2.85. The molecule has 0 saturated heterocycles. The van der Waals surface area contributed by atoms with Gasteiger partial charge in [-0.25, -0.2) is 0 Å². The minimum Gasteiger partial charge on any atom is -0.392 e. The van der Waals surface area contributed by atoms with Gasteiger partial charge in [0.1, 0.15) is 0 Å². The summed E-state index contributed by atoms with van der Waals surface area (Å²) < 4.78 is 0. The Bertz CT molecular complexity index is 200. The molecule has 3 unspecified atom stereocenters. The van der Waals surface area contributed by atoms with Crippen molar-refractivity contribution in [1.82, 2.24) is 5.32 Å². The van der Waals surface area contributed by atoms with Gasteiger partial charge in [-0.2, -0.15) is 0 Å². The molecule has 0 aromatic rings. The van der Waals surface area contributed by atoms with Gasteiger partial charge in [-0.1, -0.05) is 19.8 Å². The van der Waals surface area contributed by atoms with Crippen LogP contribution in [0.2, 0.25) is 0 Å². The molecule has 14 heavy (non-hydrogen) atoms. The lowest BCUT2D eigenvalue weighted by atomic mass is 9.90. The summed E-state index contributed by atoms with van der Waals surface area (Å²) in [6.45, 7) is 4.62. The van der Waals surface area contributed by atoms with E-state index in [4.69, 9.17) is 0 Å². The molecule has 2 fully saturated rings. The topological polar surface area (TPSA) is 32.3 Å². The lowest BCUT2D eigenvalue weighted by molar-refractivity contribution is 0.0807. The predicted octanol–water partition coefficient (Wildman–Crippen LogP) is 2.07. The molecule has 82 valence electrons. The molecule has 2 saturated carbocycles. The molecule has 0 aromatic carbocycles. The maximum Gasteiger partial charge on any atom is 0.0693 e. The number of hydrogen-bond acceptors (Lipinski definition) is 2. The van der Waals surface area contributed by atoms with E-state index in [9.17, 15) is 5.11 Å². The lowest BCUT2D eigenvalue weighted by Crippen LogP contribution is -2.48. The van der Waals surface area contributed by atoms with Gasteiger partial charge in [0.25, 0.3) is 0 Å². The Labute approximate surface area is 87.1 Å². The van der Waals surface area contributed by atoms with Crippen molar-refractivity contribution in [2.45, 2.75) is 70.6 Å². The van der Waals surface area contributed by atoms with E-state index < -0.39 is 0 Å². The molecule has 2 aliphatic rings. The zero-order chi connectivity index (χ0) is 10.2. The van der Waals surface area contributed by atoms with Crippen molar-refractivity contribution >= 4 is 0 Å². The van der Waals surface area contributed by atoms with Crippen molar-refractivity contribution in [3.63, 3.8) is 0 Å². The van der Waals surface area contributed by atoms with Gasteiger partial charge in [0.2, 0.25) is 0 Å². The Morgan fingerprint density at radius 3 is 2.50 bits per heavy atom. The van der Waals surface area contributed by atoms with Crippen LogP contribution in [0.1, 0.15) is 52.4 Å². The SMILES string of the molecule is CC(NC1CCCCC1O)C1(C)CC1. The highest BCUT2D eigenvalue weighted by atomic mass is 16.3. The monoisotopic (exact) mass is 197 g/mol. The smallest absolute Gasteiger partial charge is 0.0693 e. The molecule has 0 radical (unpaired) electrons. The first-order valence-electron chi connectivity index (χ1n) is 6.06. The highest BCUT2D eigenvalue weighted by molar-refractivity contribution is 4.98. The van der Waals surface area contributed by atoms with Crippen LogP contribution < -0.4 is 5.32 Å². The minimum atomic E-state index is -0.103. The van der Waals surface area contributed by atoms with Crippen LogP contribution in [0.3, 0.4) is 0 Å². The molecule has 0 bridgehead atoms. The Morgan fingerprint density at radius 2 is 1.93 bits per heavy atom. The van der Waals surface area contributed by atoms with Crippen molar-refractivity contribution < 1.29 is 5.11 Å². The molecule has 2 heteroatoms. The van der Waals surface area contributed by atoms with Crippen LogP contribution in [0.5, 0.6) is 0 Å². The van der Waals surface area contributed by atoms with Crippen LogP contribution in [-0.2, 0) is 0 Å². The third-order valence-electron chi connectivity index (χ3n) is 4.28. The van der Waals surface area contributed by atoms with Gasteiger partial charge in [0, 0.05) is 12.1 Å². The molecular formula is C12H23NO. The average molecular weight is 197 g/mol. The zero-order valence-electron chi connectivity index (χ0n) is 9.42. The first kappa shape index (κ1) is 10.4. The van der Waals surface area contributed by atoms with E-state index >= 15 is 0 Å². The molecule has 0 aromatic heterocycles. The molecule has 0 amide bonds. The number of rotatable bonds is 3. The zero-order valence-corrected chi connectivity index (χ0v) is 9.42. The van der Waals surface area contributed by atoms with Crippen molar-refractivity contribution in [3.05, 3.63) is 0 Å². The number of hydrogen-bond donors (Lipinski definition) is 2. The first-order valence-corrected chi connectivity index (χ1v) is 6.06. The molecule has 2 nitrogen and oxygen atoms in total. The standard InChI is InChI=1S/C12H23NO/c1-9(12(2)7-8-12)13-10-5-3-4-6-11(10)14/h9-11,13-14H,3-8H2,1-2H3. The lowest BCUT2D eigenvalue weighted by Gasteiger charge is -2.33. The molecule has 3 atom stereocenters. The first-order chi connectivity index (χ1) is 6.62. The second-order valence-electron chi connectivity index (χ2n) is 5.50. The summed E-state index contributed by atoms with van der Waals surface area (Å²) in [7, 11) is 0. The summed E-state index contributed by atoms with van der Waals surface area (Å²) in [5, 5.41) is 13.5. The van der Waals surface area contributed by atoms with Crippen molar-refractivity contribution in [2.75, 3.05) is 0 Å². The van der Waals surface area contributed by atoms with E-state index in [0.717, 1.165) is 12.8 Å². The molecule has 2 N–H and O–H groups in total. The summed E-state index contributed by atoms with van der Waals surface area (Å²) in [4.78, 5) is 0. The van der Waals surface area contributed by atoms with Crippen LogP contribution in [0.15, 0.2) is 0 Å². The highest BCUT2D eigenvalue weighted by Crippen LogP contribution is 2.48.